The van der Waals surface area contributed by atoms with E-state index in [4.69, 9.17) is 16.3 Å². The number of rotatable bonds is 6. The number of halogens is 2. The number of hydrogen-bond acceptors (Lipinski definition) is 2. The van der Waals surface area contributed by atoms with Crippen LogP contribution in [0.1, 0.15) is 5.82 Å². The van der Waals surface area contributed by atoms with E-state index >= 15 is 0 Å². The fourth-order valence-electron chi connectivity index (χ4n) is 1.94. The first-order valence-corrected chi connectivity index (χ1v) is 10.9. The third-order valence-corrected chi connectivity index (χ3v) is 5.09. The highest BCUT2D eigenvalue weighted by Crippen LogP contribution is 2.20. The Balaban J connectivity index is 2.14. The molecule has 0 atom stereocenters. The molecule has 0 spiro atoms. The predicted molar refractivity (Wildman–Crippen MR) is 83.4 cm³/mol. The van der Waals surface area contributed by atoms with Crippen LogP contribution in [0.4, 0.5) is 4.39 Å². The van der Waals surface area contributed by atoms with Gasteiger partial charge in [0.25, 0.3) is 0 Å². The highest BCUT2D eigenvalue weighted by molar-refractivity contribution is 6.76. The van der Waals surface area contributed by atoms with Crippen molar-refractivity contribution in [3.05, 3.63) is 29.8 Å². The summed E-state index contributed by atoms with van der Waals surface area (Å²) in [6.45, 7) is 8.01. The Hall–Kier alpha value is -0.913. The van der Waals surface area contributed by atoms with Crippen molar-refractivity contribution in [1.82, 2.24) is 9.55 Å². The van der Waals surface area contributed by atoms with Crippen molar-refractivity contribution >= 4 is 30.7 Å². The molecule has 0 unspecified atom stereocenters. The summed E-state index contributed by atoms with van der Waals surface area (Å²) < 4.78 is 21.3. The normalized spacial score (nSPS) is 12.2. The summed E-state index contributed by atoms with van der Waals surface area (Å²) in [7, 11) is -1.10. The van der Waals surface area contributed by atoms with E-state index in [9.17, 15) is 4.39 Å². The number of imidazole rings is 1. The van der Waals surface area contributed by atoms with Gasteiger partial charge in [-0.05, 0) is 18.2 Å². The molecule has 2 aromatic rings. The van der Waals surface area contributed by atoms with Gasteiger partial charge in [-0.2, -0.15) is 0 Å². The van der Waals surface area contributed by atoms with E-state index in [2.05, 4.69) is 24.6 Å². The average molecular weight is 315 g/mol. The molecule has 0 amide bonds. The molecule has 20 heavy (non-hydrogen) atoms. The molecule has 3 nitrogen and oxygen atoms in total. The number of hydrogen-bond donors (Lipinski definition) is 0. The fourth-order valence-corrected chi connectivity index (χ4v) is 2.90. The molecule has 0 aliphatic heterocycles. The maximum Gasteiger partial charge on any atom is 0.151 e. The molecule has 2 rings (SSSR count). The number of nitrogens with zero attached hydrogens (tertiary/aromatic N) is 2. The Morgan fingerprint density at radius 2 is 2.10 bits per heavy atom. The molecule has 0 saturated carbocycles. The summed E-state index contributed by atoms with van der Waals surface area (Å²) in [6, 6.07) is 6.02. The Morgan fingerprint density at radius 3 is 2.75 bits per heavy atom. The molecule has 1 aromatic heterocycles. The van der Waals surface area contributed by atoms with Gasteiger partial charge in [0.15, 0.2) is 5.82 Å². The second-order valence-corrected chi connectivity index (χ2v) is 11.9. The van der Waals surface area contributed by atoms with E-state index in [-0.39, 0.29) is 11.7 Å². The van der Waals surface area contributed by atoms with Gasteiger partial charge in [-0.1, -0.05) is 25.7 Å². The lowest BCUT2D eigenvalue weighted by molar-refractivity contribution is 0.0883. The van der Waals surface area contributed by atoms with E-state index in [1.807, 2.05) is 10.6 Å². The second-order valence-electron chi connectivity index (χ2n) is 6.05. The first-order chi connectivity index (χ1) is 9.42. The van der Waals surface area contributed by atoms with Gasteiger partial charge in [0.2, 0.25) is 0 Å². The molecule has 1 aromatic carbocycles. The fraction of sp³-hybridized carbons (Fsp3) is 0.500. The van der Waals surface area contributed by atoms with E-state index in [0.717, 1.165) is 11.6 Å². The van der Waals surface area contributed by atoms with Crippen LogP contribution >= 0.6 is 11.6 Å². The Bertz CT molecular complexity index is 595. The third kappa shape index (κ3) is 3.59. The topological polar surface area (TPSA) is 27.1 Å². The minimum atomic E-state index is -1.10. The van der Waals surface area contributed by atoms with Crippen molar-refractivity contribution in [3.63, 3.8) is 0 Å². The molecule has 0 saturated heterocycles. The number of fused-ring (bicyclic) bond motifs is 1. The zero-order valence-corrected chi connectivity index (χ0v) is 13.9. The monoisotopic (exact) mass is 314 g/mol. The third-order valence-electron chi connectivity index (χ3n) is 3.15. The summed E-state index contributed by atoms with van der Waals surface area (Å²) in [5, 5.41) is 0. The Kier molecular flexibility index (Phi) is 4.83. The quantitative estimate of drug-likeness (QED) is 0.453. The minimum Gasteiger partial charge on any atom is -0.361 e. The van der Waals surface area contributed by atoms with E-state index in [0.29, 0.717) is 24.7 Å². The molecule has 0 fully saturated rings. The van der Waals surface area contributed by atoms with Gasteiger partial charge in [-0.25, -0.2) is 9.37 Å². The van der Waals surface area contributed by atoms with Crippen molar-refractivity contribution in [1.29, 1.82) is 0 Å². The molecule has 1 heterocycles. The first-order valence-electron chi connectivity index (χ1n) is 6.70. The number of aromatic nitrogens is 2. The van der Waals surface area contributed by atoms with Crippen LogP contribution < -0.4 is 0 Å². The summed E-state index contributed by atoms with van der Waals surface area (Å²) in [5.41, 5.74) is 1.09. The van der Waals surface area contributed by atoms with Crippen LogP contribution in [0.5, 0.6) is 0 Å². The SMILES string of the molecule is C[Si](C)(C)CCOCn1c(CCl)nc2c(F)cccc21. The summed E-state index contributed by atoms with van der Waals surface area (Å²) >= 11 is 5.89. The highest BCUT2D eigenvalue weighted by atomic mass is 35.5. The van der Waals surface area contributed by atoms with Crippen molar-refractivity contribution < 1.29 is 9.13 Å². The molecule has 0 N–H and O–H groups in total. The van der Waals surface area contributed by atoms with Crippen LogP contribution in [0.25, 0.3) is 11.0 Å². The van der Waals surface area contributed by atoms with E-state index < -0.39 is 8.07 Å². The minimum absolute atomic E-state index is 0.242. The molecule has 0 aliphatic rings. The number of ether oxygens (including phenoxy) is 1. The smallest absolute Gasteiger partial charge is 0.151 e. The zero-order valence-electron chi connectivity index (χ0n) is 12.1. The molecular formula is C14H20ClFN2OSi. The van der Waals surface area contributed by atoms with Gasteiger partial charge >= 0.3 is 0 Å². The maximum atomic E-state index is 13.7. The number of benzene rings is 1. The number of alkyl halides is 1. The molecule has 0 radical (unpaired) electrons. The van der Waals surface area contributed by atoms with Crippen LogP contribution in [-0.2, 0) is 17.3 Å². The van der Waals surface area contributed by atoms with Crippen LogP contribution in [0, 0.1) is 5.82 Å². The predicted octanol–water partition coefficient (Wildman–Crippen LogP) is 4.23. The lowest BCUT2D eigenvalue weighted by Crippen LogP contribution is -2.22. The largest absolute Gasteiger partial charge is 0.361 e. The lowest BCUT2D eigenvalue weighted by atomic mass is 10.3. The Labute approximate surface area is 124 Å². The summed E-state index contributed by atoms with van der Waals surface area (Å²) in [6.07, 6.45) is 0. The van der Waals surface area contributed by atoms with Crippen molar-refractivity contribution in [2.75, 3.05) is 6.61 Å². The molecule has 6 heteroatoms. The van der Waals surface area contributed by atoms with Crippen molar-refractivity contribution in [3.8, 4) is 0 Å². The summed E-state index contributed by atoms with van der Waals surface area (Å²) in [5.74, 6) is 0.556. The van der Waals surface area contributed by atoms with E-state index in [1.165, 1.54) is 6.07 Å². The zero-order chi connectivity index (χ0) is 14.8. The lowest BCUT2D eigenvalue weighted by Gasteiger charge is -2.16. The van der Waals surface area contributed by atoms with Crippen LogP contribution in [0.3, 0.4) is 0 Å². The van der Waals surface area contributed by atoms with Crippen LogP contribution in [0.15, 0.2) is 18.2 Å². The highest BCUT2D eigenvalue weighted by Gasteiger charge is 2.15. The van der Waals surface area contributed by atoms with E-state index in [1.54, 1.807) is 6.07 Å². The molecule has 0 aliphatic carbocycles. The average Bonchev–Trinajstić information content (AvgIpc) is 2.73. The Morgan fingerprint density at radius 1 is 1.35 bits per heavy atom. The van der Waals surface area contributed by atoms with Gasteiger partial charge in [-0.15, -0.1) is 11.6 Å². The standard InChI is InChI=1S/C14H20ClFN2OSi/c1-20(2,3)8-7-19-10-18-12-6-4-5-11(16)14(12)17-13(18)9-15/h4-6H,7-10H2,1-3H3. The van der Waals surface area contributed by atoms with Crippen LogP contribution in [0.2, 0.25) is 25.7 Å². The van der Waals surface area contributed by atoms with Gasteiger partial charge in [-0.3, -0.25) is 0 Å². The first kappa shape index (κ1) is 15.5. The molecule has 0 bridgehead atoms. The van der Waals surface area contributed by atoms with Gasteiger partial charge in [0.05, 0.1) is 11.4 Å². The molecule has 110 valence electrons. The van der Waals surface area contributed by atoms with Gasteiger partial charge in [0, 0.05) is 14.7 Å². The van der Waals surface area contributed by atoms with Crippen molar-refractivity contribution in [2.45, 2.75) is 38.3 Å². The van der Waals surface area contributed by atoms with Crippen molar-refractivity contribution in [2.24, 2.45) is 0 Å². The van der Waals surface area contributed by atoms with Crippen LogP contribution in [-0.4, -0.2) is 24.2 Å². The summed E-state index contributed by atoms with van der Waals surface area (Å²) in [4.78, 5) is 4.24. The van der Waals surface area contributed by atoms with Gasteiger partial charge in [0.1, 0.15) is 18.1 Å². The number of para-hydroxylation sites is 1. The molecular weight excluding hydrogens is 295 g/mol. The van der Waals surface area contributed by atoms with Gasteiger partial charge < -0.3 is 9.30 Å². The second kappa shape index (κ2) is 6.24. The maximum absolute atomic E-state index is 13.7.